The van der Waals surface area contributed by atoms with Crippen molar-refractivity contribution in [2.24, 2.45) is 17.8 Å². The molecule has 0 amide bonds. The highest BCUT2D eigenvalue weighted by Crippen LogP contribution is 2.41. The summed E-state index contributed by atoms with van der Waals surface area (Å²) < 4.78 is 28.1. The fourth-order valence-electron chi connectivity index (χ4n) is 5.65. The first-order chi connectivity index (χ1) is 14.6. The first kappa shape index (κ1) is 21.0. The van der Waals surface area contributed by atoms with Crippen LogP contribution < -0.4 is 0 Å². The van der Waals surface area contributed by atoms with Gasteiger partial charge in [-0.2, -0.15) is 5.26 Å². The van der Waals surface area contributed by atoms with Crippen LogP contribution in [-0.4, -0.2) is 0 Å². The maximum Gasteiger partial charge on any atom is 0.144 e. The number of benzene rings is 2. The van der Waals surface area contributed by atoms with E-state index in [1.54, 1.807) is 6.07 Å². The largest absolute Gasteiger partial charge is 0.205 e. The lowest BCUT2D eigenvalue weighted by atomic mass is 9.69. The summed E-state index contributed by atoms with van der Waals surface area (Å²) in [5.41, 5.74) is 3.53. The second-order valence-corrected chi connectivity index (χ2v) is 9.34. The van der Waals surface area contributed by atoms with Gasteiger partial charge in [0.25, 0.3) is 0 Å². The summed E-state index contributed by atoms with van der Waals surface area (Å²) in [4.78, 5) is 0. The van der Waals surface area contributed by atoms with Crippen LogP contribution in [-0.2, 0) is 12.8 Å². The molecular weight excluding hydrogens is 376 g/mol. The van der Waals surface area contributed by atoms with Gasteiger partial charge in [-0.25, -0.2) is 8.78 Å². The van der Waals surface area contributed by atoms with Crippen molar-refractivity contribution in [3.63, 3.8) is 0 Å². The SMILES string of the molecule is CCCCC1CCC(C2CCc3cc(-c4cc(F)c(C#N)c(F)c4)ccc3C2)CC1. The maximum absolute atomic E-state index is 14.0. The van der Waals surface area contributed by atoms with E-state index in [1.165, 1.54) is 74.6 Å². The van der Waals surface area contributed by atoms with Crippen molar-refractivity contribution in [2.45, 2.75) is 71.1 Å². The number of nitriles is 1. The van der Waals surface area contributed by atoms with Gasteiger partial charge in [0.1, 0.15) is 23.3 Å². The number of unbranched alkanes of at least 4 members (excludes halogenated alkanes) is 1. The Kier molecular flexibility index (Phi) is 6.52. The van der Waals surface area contributed by atoms with Crippen molar-refractivity contribution in [3.05, 3.63) is 58.7 Å². The summed E-state index contributed by atoms with van der Waals surface area (Å²) in [6.07, 6.45) is 13.1. The highest BCUT2D eigenvalue weighted by Gasteiger charge is 2.30. The number of hydrogen-bond donors (Lipinski definition) is 0. The molecule has 2 aliphatic rings. The van der Waals surface area contributed by atoms with E-state index in [0.29, 0.717) is 5.56 Å². The van der Waals surface area contributed by atoms with Crippen molar-refractivity contribution < 1.29 is 8.78 Å². The molecule has 1 saturated carbocycles. The zero-order valence-corrected chi connectivity index (χ0v) is 17.9. The number of fused-ring (bicyclic) bond motifs is 1. The minimum atomic E-state index is -0.792. The summed E-state index contributed by atoms with van der Waals surface area (Å²) in [6, 6.07) is 10.3. The Labute approximate surface area is 179 Å². The Hall–Kier alpha value is -2.21. The van der Waals surface area contributed by atoms with Gasteiger partial charge in [0.15, 0.2) is 0 Å². The summed E-state index contributed by atoms with van der Waals surface area (Å²) in [7, 11) is 0. The second-order valence-electron chi connectivity index (χ2n) is 9.34. The highest BCUT2D eigenvalue weighted by atomic mass is 19.1. The number of nitrogens with zero attached hydrogens (tertiary/aromatic N) is 1. The first-order valence-corrected chi connectivity index (χ1v) is 11.6. The molecule has 0 N–H and O–H groups in total. The lowest BCUT2D eigenvalue weighted by Gasteiger charge is -2.36. The van der Waals surface area contributed by atoms with Crippen LogP contribution >= 0.6 is 0 Å². The Morgan fingerprint density at radius 2 is 1.63 bits per heavy atom. The molecule has 0 radical (unpaired) electrons. The van der Waals surface area contributed by atoms with Crippen LogP contribution in [0.4, 0.5) is 8.78 Å². The van der Waals surface area contributed by atoms with Crippen LogP contribution in [0.15, 0.2) is 30.3 Å². The van der Waals surface area contributed by atoms with Gasteiger partial charge in [0.2, 0.25) is 0 Å². The van der Waals surface area contributed by atoms with Gasteiger partial charge in [0.05, 0.1) is 0 Å². The van der Waals surface area contributed by atoms with Crippen LogP contribution in [0.2, 0.25) is 0 Å². The van der Waals surface area contributed by atoms with E-state index in [2.05, 4.69) is 19.1 Å². The predicted molar refractivity (Wildman–Crippen MR) is 117 cm³/mol. The Morgan fingerprint density at radius 1 is 0.900 bits per heavy atom. The van der Waals surface area contributed by atoms with E-state index < -0.39 is 17.2 Å². The quantitative estimate of drug-likeness (QED) is 0.500. The van der Waals surface area contributed by atoms with E-state index in [4.69, 9.17) is 5.26 Å². The summed E-state index contributed by atoms with van der Waals surface area (Å²) in [5, 5.41) is 8.87. The van der Waals surface area contributed by atoms with E-state index in [0.717, 1.165) is 36.2 Å². The van der Waals surface area contributed by atoms with Gasteiger partial charge < -0.3 is 0 Å². The molecule has 4 rings (SSSR count). The molecule has 1 nitrogen and oxygen atoms in total. The Morgan fingerprint density at radius 3 is 2.30 bits per heavy atom. The molecule has 30 heavy (non-hydrogen) atoms. The molecule has 1 fully saturated rings. The molecule has 0 spiro atoms. The van der Waals surface area contributed by atoms with Crippen molar-refractivity contribution in [3.8, 4) is 17.2 Å². The molecule has 0 heterocycles. The molecule has 158 valence electrons. The van der Waals surface area contributed by atoms with Gasteiger partial charge >= 0.3 is 0 Å². The number of hydrogen-bond acceptors (Lipinski definition) is 1. The van der Waals surface area contributed by atoms with Gasteiger partial charge in [-0.3, -0.25) is 0 Å². The minimum absolute atomic E-state index is 0.499. The minimum Gasteiger partial charge on any atom is -0.205 e. The van der Waals surface area contributed by atoms with Gasteiger partial charge in [-0.05, 0) is 84.2 Å². The normalized spacial score (nSPS) is 23.6. The molecule has 2 aromatic carbocycles. The Bertz CT molecular complexity index is 911. The Balaban J connectivity index is 1.44. The van der Waals surface area contributed by atoms with Crippen LogP contribution in [0, 0.1) is 40.7 Å². The smallest absolute Gasteiger partial charge is 0.144 e. The fraction of sp³-hybridized carbons (Fsp3) is 0.519. The second kappa shape index (κ2) is 9.29. The lowest BCUT2D eigenvalue weighted by molar-refractivity contribution is 0.183. The van der Waals surface area contributed by atoms with E-state index in [9.17, 15) is 8.78 Å². The number of aryl methyl sites for hydroxylation is 1. The lowest BCUT2D eigenvalue weighted by Crippen LogP contribution is -2.26. The zero-order chi connectivity index (χ0) is 21.1. The van der Waals surface area contributed by atoms with Crippen molar-refractivity contribution in [2.75, 3.05) is 0 Å². The number of halogens is 2. The average molecular weight is 408 g/mol. The van der Waals surface area contributed by atoms with Crippen LogP contribution in [0.25, 0.3) is 11.1 Å². The summed E-state index contributed by atoms with van der Waals surface area (Å²) >= 11 is 0. The van der Waals surface area contributed by atoms with Gasteiger partial charge in [-0.1, -0.05) is 57.2 Å². The number of rotatable bonds is 5. The van der Waals surface area contributed by atoms with Crippen molar-refractivity contribution >= 4 is 0 Å². The topological polar surface area (TPSA) is 23.8 Å². The molecule has 0 aliphatic heterocycles. The molecule has 2 aliphatic carbocycles. The molecule has 1 unspecified atom stereocenters. The summed E-state index contributed by atoms with van der Waals surface area (Å²) in [6.45, 7) is 2.28. The van der Waals surface area contributed by atoms with Crippen LogP contribution in [0.1, 0.15) is 75.0 Å². The third-order valence-corrected chi connectivity index (χ3v) is 7.48. The highest BCUT2D eigenvalue weighted by molar-refractivity contribution is 5.66. The zero-order valence-electron chi connectivity index (χ0n) is 17.9. The third-order valence-electron chi connectivity index (χ3n) is 7.48. The molecule has 0 saturated heterocycles. The van der Waals surface area contributed by atoms with Crippen LogP contribution in [0.5, 0.6) is 0 Å². The molecule has 3 heteroatoms. The van der Waals surface area contributed by atoms with Crippen molar-refractivity contribution in [1.29, 1.82) is 5.26 Å². The van der Waals surface area contributed by atoms with Crippen LogP contribution in [0.3, 0.4) is 0 Å². The van der Waals surface area contributed by atoms with Crippen molar-refractivity contribution in [1.82, 2.24) is 0 Å². The molecule has 1 atom stereocenters. The molecule has 0 bridgehead atoms. The third kappa shape index (κ3) is 4.43. The van der Waals surface area contributed by atoms with Gasteiger partial charge in [-0.15, -0.1) is 0 Å². The average Bonchev–Trinajstić information content (AvgIpc) is 2.77. The van der Waals surface area contributed by atoms with E-state index in [1.807, 2.05) is 6.07 Å². The monoisotopic (exact) mass is 407 g/mol. The van der Waals surface area contributed by atoms with E-state index in [-0.39, 0.29) is 0 Å². The maximum atomic E-state index is 14.0. The molecular formula is C27H31F2N. The molecule has 0 aromatic heterocycles. The van der Waals surface area contributed by atoms with E-state index >= 15 is 0 Å². The summed E-state index contributed by atoms with van der Waals surface area (Å²) in [5.74, 6) is 1.00. The van der Waals surface area contributed by atoms with Gasteiger partial charge in [0, 0.05) is 0 Å². The standard InChI is InChI=1S/C27H31F2N/c1-2-3-4-18-5-7-19(8-6-18)20-9-10-22-14-23(12-11-21(22)13-20)24-15-26(28)25(17-30)27(29)16-24/h11-12,14-16,18-20H,2-10,13H2,1H3. The predicted octanol–water partition coefficient (Wildman–Crippen LogP) is 7.60. The fourth-order valence-corrected chi connectivity index (χ4v) is 5.65. The first-order valence-electron chi connectivity index (χ1n) is 11.6. The molecule has 2 aromatic rings.